The average molecular weight is 390 g/mol. The molecule has 0 saturated heterocycles. The summed E-state index contributed by atoms with van der Waals surface area (Å²) in [6.45, 7) is 0.449. The van der Waals surface area contributed by atoms with Crippen LogP contribution in [0, 0.1) is 0 Å². The molecule has 3 nitrogen and oxygen atoms in total. The van der Waals surface area contributed by atoms with Crippen molar-refractivity contribution in [1.82, 2.24) is 4.72 Å². The van der Waals surface area contributed by atoms with Crippen molar-refractivity contribution in [3.63, 3.8) is 0 Å². The van der Waals surface area contributed by atoms with Crippen LogP contribution in [0.5, 0.6) is 0 Å². The highest BCUT2D eigenvalue weighted by molar-refractivity contribution is 14.1. The maximum absolute atomic E-state index is 11.7. The maximum Gasteiger partial charge on any atom is 0.241 e. The lowest BCUT2D eigenvalue weighted by Gasteiger charge is -2.06. The Bertz CT molecular complexity index is 408. The number of sulfonamides is 1. The lowest BCUT2D eigenvalue weighted by Crippen LogP contribution is -2.25. The van der Waals surface area contributed by atoms with E-state index in [2.05, 4.69) is 43.2 Å². The number of hydrogen-bond acceptors (Lipinski definition) is 2. The molecule has 0 radical (unpaired) electrons. The second kappa shape index (κ2) is 5.43. The summed E-state index contributed by atoms with van der Waals surface area (Å²) in [6, 6.07) is 6.75. The largest absolute Gasteiger partial charge is 0.241 e. The predicted octanol–water partition coefficient (Wildman–Crippen LogP) is 2.16. The standard InChI is InChI=1S/C8H9BrINO2S/c9-7-3-1-2-4-8(7)14(12,13)11-6-5-10/h1-4,11H,5-6H2. The summed E-state index contributed by atoms with van der Waals surface area (Å²) < 4.78 is 27.2. The molecule has 1 aromatic rings. The third kappa shape index (κ3) is 3.18. The van der Waals surface area contributed by atoms with Crippen LogP contribution in [0.15, 0.2) is 33.6 Å². The Morgan fingerprint density at radius 3 is 2.57 bits per heavy atom. The van der Waals surface area contributed by atoms with E-state index in [9.17, 15) is 8.42 Å². The van der Waals surface area contributed by atoms with Gasteiger partial charge in [0.1, 0.15) is 0 Å². The van der Waals surface area contributed by atoms with E-state index in [-0.39, 0.29) is 4.90 Å². The van der Waals surface area contributed by atoms with Gasteiger partial charge >= 0.3 is 0 Å². The van der Waals surface area contributed by atoms with Crippen LogP contribution >= 0.6 is 38.5 Å². The smallest absolute Gasteiger partial charge is 0.210 e. The van der Waals surface area contributed by atoms with Gasteiger partial charge < -0.3 is 0 Å². The van der Waals surface area contributed by atoms with Gasteiger partial charge in [-0.25, -0.2) is 13.1 Å². The van der Waals surface area contributed by atoms with E-state index in [1.807, 2.05) is 0 Å². The summed E-state index contributed by atoms with van der Waals surface area (Å²) >= 11 is 5.32. The average Bonchev–Trinajstić information content (AvgIpc) is 2.15. The molecule has 0 saturated carbocycles. The minimum atomic E-state index is -3.35. The van der Waals surface area contributed by atoms with E-state index in [1.165, 1.54) is 0 Å². The molecule has 6 heteroatoms. The van der Waals surface area contributed by atoms with Crippen molar-refractivity contribution in [1.29, 1.82) is 0 Å². The predicted molar refractivity (Wildman–Crippen MR) is 68.2 cm³/mol. The zero-order valence-corrected chi connectivity index (χ0v) is 11.8. The van der Waals surface area contributed by atoms with Crippen molar-refractivity contribution in [2.24, 2.45) is 0 Å². The van der Waals surface area contributed by atoms with Crippen LogP contribution in [0.3, 0.4) is 0 Å². The molecule has 0 atom stereocenters. The van der Waals surface area contributed by atoms with Gasteiger partial charge in [0.2, 0.25) is 10.0 Å². The second-order valence-electron chi connectivity index (χ2n) is 2.52. The van der Waals surface area contributed by atoms with E-state index in [0.29, 0.717) is 11.0 Å². The fourth-order valence-corrected chi connectivity index (χ4v) is 3.58. The van der Waals surface area contributed by atoms with Crippen molar-refractivity contribution >= 4 is 48.5 Å². The van der Waals surface area contributed by atoms with Gasteiger partial charge in [-0.3, -0.25) is 0 Å². The molecule has 0 amide bonds. The van der Waals surface area contributed by atoms with Crippen molar-refractivity contribution in [3.05, 3.63) is 28.7 Å². The number of hydrogen-bond donors (Lipinski definition) is 1. The van der Waals surface area contributed by atoms with Gasteiger partial charge in [-0.1, -0.05) is 34.7 Å². The fraction of sp³-hybridized carbons (Fsp3) is 0.250. The van der Waals surface area contributed by atoms with E-state index >= 15 is 0 Å². The van der Waals surface area contributed by atoms with Crippen LogP contribution in [-0.4, -0.2) is 19.4 Å². The van der Waals surface area contributed by atoms with Gasteiger partial charge in [-0.05, 0) is 28.1 Å². The second-order valence-corrected chi connectivity index (χ2v) is 6.19. The third-order valence-corrected chi connectivity index (χ3v) is 4.53. The quantitative estimate of drug-likeness (QED) is 0.633. The number of halogens is 2. The first-order chi connectivity index (χ1) is 6.58. The molecule has 1 rings (SSSR count). The summed E-state index contributed by atoms with van der Waals surface area (Å²) in [6.07, 6.45) is 0. The molecule has 0 aliphatic rings. The Balaban J connectivity index is 2.99. The molecule has 0 aliphatic heterocycles. The lowest BCUT2D eigenvalue weighted by molar-refractivity contribution is 0.584. The molecule has 78 valence electrons. The summed E-state index contributed by atoms with van der Waals surface area (Å²) in [4.78, 5) is 0.282. The lowest BCUT2D eigenvalue weighted by atomic mass is 10.4. The Labute approximate surface area is 106 Å². The Hall–Kier alpha value is 0.340. The van der Waals surface area contributed by atoms with E-state index in [1.54, 1.807) is 24.3 Å². The van der Waals surface area contributed by atoms with Crippen LogP contribution in [-0.2, 0) is 10.0 Å². The summed E-state index contributed by atoms with van der Waals surface area (Å²) in [5, 5.41) is 0. The molecule has 0 heterocycles. The van der Waals surface area contributed by atoms with Crippen molar-refractivity contribution in [2.75, 3.05) is 11.0 Å². The fourth-order valence-electron chi connectivity index (χ4n) is 0.913. The SMILES string of the molecule is O=S(=O)(NCCI)c1ccccc1Br. The van der Waals surface area contributed by atoms with Gasteiger partial charge in [0.05, 0.1) is 4.90 Å². The zero-order valence-electron chi connectivity index (χ0n) is 7.20. The summed E-state index contributed by atoms with van der Waals surface area (Å²) in [5.41, 5.74) is 0. The van der Waals surface area contributed by atoms with Crippen molar-refractivity contribution in [3.8, 4) is 0 Å². The molecule has 1 aromatic carbocycles. The number of rotatable bonds is 4. The van der Waals surface area contributed by atoms with Crippen LogP contribution in [0.25, 0.3) is 0 Å². The van der Waals surface area contributed by atoms with Crippen molar-refractivity contribution < 1.29 is 8.42 Å². The normalized spacial score (nSPS) is 11.6. The monoisotopic (exact) mass is 389 g/mol. The van der Waals surface area contributed by atoms with E-state index in [0.717, 1.165) is 4.43 Å². The Kier molecular flexibility index (Phi) is 4.81. The first kappa shape index (κ1) is 12.4. The number of alkyl halides is 1. The number of benzene rings is 1. The molecule has 0 bridgehead atoms. The van der Waals surface area contributed by atoms with Gasteiger partial charge in [-0.2, -0.15) is 0 Å². The highest BCUT2D eigenvalue weighted by Crippen LogP contribution is 2.20. The van der Waals surface area contributed by atoms with E-state index in [4.69, 9.17) is 0 Å². The molecule has 0 spiro atoms. The topological polar surface area (TPSA) is 46.2 Å². The van der Waals surface area contributed by atoms with Crippen LogP contribution < -0.4 is 4.72 Å². The van der Waals surface area contributed by atoms with Crippen LogP contribution in [0.4, 0.5) is 0 Å². The first-order valence-electron chi connectivity index (χ1n) is 3.88. The third-order valence-electron chi connectivity index (χ3n) is 1.51. The number of nitrogens with one attached hydrogen (secondary N) is 1. The molecular formula is C8H9BrINO2S. The van der Waals surface area contributed by atoms with Gasteiger partial charge in [0.15, 0.2) is 0 Å². The first-order valence-corrected chi connectivity index (χ1v) is 7.68. The van der Waals surface area contributed by atoms with Gasteiger partial charge in [-0.15, -0.1) is 0 Å². The summed E-state index contributed by atoms with van der Waals surface area (Å²) in [7, 11) is -3.35. The van der Waals surface area contributed by atoms with Crippen LogP contribution in [0.1, 0.15) is 0 Å². The molecular weight excluding hydrogens is 381 g/mol. The van der Waals surface area contributed by atoms with Gasteiger partial charge in [0.25, 0.3) is 0 Å². The molecule has 0 aromatic heterocycles. The van der Waals surface area contributed by atoms with Crippen molar-refractivity contribution in [2.45, 2.75) is 4.90 Å². The molecule has 1 N–H and O–H groups in total. The highest BCUT2D eigenvalue weighted by atomic mass is 127. The van der Waals surface area contributed by atoms with Crippen LogP contribution in [0.2, 0.25) is 0 Å². The Morgan fingerprint density at radius 1 is 1.36 bits per heavy atom. The van der Waals surface area contributed by atoms with Gasteiger partial charge in [0, 0.05) is 15.4 Å². The minimum Gasteiger partial charge on any atom is -0.210 e. The molecule has 0 unspecified atom stereocenters. The Morgan fingerprint density at radius 2 is 2.00 bits per heavy atom. The highest BCUT2D eigenvalue weighted by Gasteiger charge is 2.15. The van der Waals surface area contributed by atoms with E-state index < -0.39 is 10.0 Å². The minimum absolute atomic E-state index is 0.282. The molecule has 14 heavy (non-hydrogen) atoms. The maximum atomic E-state index is 11.7. The zero-order chi connectivity index (χ0) is 10.6. The molecule has 0 fully saturated rings. The summed E-state index contributed by atoms with van der Waals surface area (Å²) in [5.74, 6) is 0. The molecule has 0 aliphatic carbocycles.